The molecule has 0 aromatic heterocycles. The van der Waals surface area contributed by atoms with Gasteiger partial charge in [-0.05, 0) is 29.3 Å². The van der Waals surface area contributed by atoms with E-state index in [0.717, 1.165) is 35.3 Å². The molecule has 0 heterocycles. The Kier molecular flexibility index (Phi) is 4.18. The van der Waals surface area contributed by atoms with E-state index < -0.39 is 0 Å². The lowest BCUT2D eigenvalue weighted by Gasteiger charge is -2.09. The highest BCUT2D eigenvalue weighted by molar-refractivity contribution is 5.76. The van der Waals surface area contributed by atoms with Crippen molar-refractivity contribution in [3.8, 4) is 11.5 Å². The van der Waals surface area contributed by atoms with Crippen LogP contribution in [0, 0.1) is 0 Å². The predicted octanol–water partition coefficient (Wildman–Crippen LogP) is 3.11. The standard InChI is InChI=1S/C16H16O3/c1-18-15-7-4-12(5-8-15)9-14-6-3-13(11-17)10-16(14)19-2/h3-8,10-11H,9H2,1-2H3. The molecule has 0 unspecified atom stereocenters. The molecule has 0 aliphatic heterocycles. The van der Waals surface area contributed by atoms with Crippen LogP contribution in [0.3, 0.4) is 0 Å². The first-order chi connectivity index (χ1) is 9.26. The van der Waals surface area contributed by atoms with Gasteiger partial charge in [0.1, 0.15) is 17.8 Å². The summed E-state index contributed by atoms with van der Waals surface area (Å²) in [5, 5.41) is 0. The molecule has 2 aromatic rings. The van der Waals surface area contributed by atoms with Crippen molar-refractivity contribution in [1.29, 1.82) is 0 Å². The molecule has 3 nitrogen and oxygen atoms in total. The molecule has 0 saturated heterocycles. The summed E-state index contributed by atoms with van der Waals surface area (Å²) >= 11 is 0. The van der Waals surface area contributed by atoms with E-state index in [9.17, 15) is 4.79 Å². The van der Waals surface area contributed by atoms with Crippen LogP contribution in [-0.2, 0) is 6.42 Å². The summed E-state index contributed by atoms with van der Waals surface area (Å²) in [6.07, 6.45) is 1.58. The molecule has 19 heavy (non-hydrogen) atoms. The zero-order valence-electron chi connectivity index (χ0n) is 11.1. The minimum Gasteiger partial charge on any atom is -0.497 e. The first kappa shape index (κ1) is 13.1. The minimum absolute atomic E-state index is 0.621. The Bertz CT molecular complexity index is 559. The second-order valence-electron chi connectivity index (χ2n) is 4.21. The fourth-order valence-electron chi connectivity index (χ4n) is 1.94. The lowest BCUT2D eigenvalue weighted by Crippen LogP contribution is -1.95. The van der Waals surface area contributed by atoms with Crippen LogP contribution in [0.15, 0.2) is 42.5 Å². The molecule has 98 valence electrons. The van der Waals surface area contributed by atoms with Crippen molar-refractivity contribution in [3.63, 3.8) is 0 Å². The van der Waals surface area contributed by atoms with Crippen molar-refractivity contribution in [2.75, 3.05) is 14.2 Å². The van der Waals surface area contributed by atoms with Crippen LogP contribution in [0.2, 0.25) is 0 Å². The number of carbonyl (C=O) groups is 1. The van der Waals surface area contributed by atoms with Gasteiger partial charge in [0.2, 0.25) is 0 Å². The van der Waals surface area contributed by atoms with E-state index in [2.05, 4.69) is 0 Å². The van der Waals surface area contributed by atoms with Crippen LogP contribution in [-0.4, -0.2) is 20.5 Å². The number of benzene rings is 2. The Labute approximate surface area is 112 Å². The van der Waals surface area contributed by atoms with E-state index in [0.29, 0.717) is 5.56 Å². The number of rotatable bonds is 5. The Morgan fingerprint density at radius 2 is 1.74 bits per heavy atom. The van der Waals surface area contributed by atoms with Crippen LogP contribution in [0.5, 0.6) is 11.5 Å². The fraction of sp³-hybridized carbons (Fsp3) is 0.188. The Morgan fingerprint density at radius 3 is 2.32 bits per heavy atom. The van der Waals surface area contributed by atoms with E-state index in [1.165, 1.54) is 0 Å². The zero-order chi connectivity index (χ0) is 13.7. The second kappa shape index (κ2) is 6.05. The SMILES string of the molecule is COc1ccc(Cc2ccc(C=O)cc2OC)cc1. The van der Waals surface area contributed by atoms with E-state index in [-0.39, 0.29) is 0 Å². The minimum atomic E-state index is 0.621. The molecule has 0 aliphatic rings. The number of aldehydes is 1. The summed E-state index contributed by atoms with van der Waals surface area (Å²) in [6, 6.07) is 13.4. The Balaban J connectivity index is 2.24. The quantitative estimate of drug-likeness (QED) is 0.771. The van der Waals surface area contributed by atoms with Crippen molar-refractivity contribution in [2.45, 2.75) is 6.42 Å². The third kappa shape index (κ3) is 3.13. The van der Waals surface area contributed by atoms with Gasteiger partial charge in [-0.15, -0.1) is 0 Å². The van der Waals surface area contributed by atoms with Gasteiger partial charge >= 0.3 is 0 Å². The molecule has 0 fully saturated rings. The molecule has 2 rings (SSSR count). The second-order valence-corrected chi connectivity index (χ2v) is 4.21. The number of methoxy groups -OCH3 is 2. The van der Waals surface area contributed by atoms with Crippen molar-refractivity contribution in [2.24, 2.45) is 0 Å². The molecule has 0 aliphatic carbocycles. The zero-order valence-corrected chi connectivity index (χ0v) is 11.1. The molecule has 0 spiro atoms. The van der Waals surface area contributed by atoms with Crippen LogP contribution < -0.4 is 9.47 Å². The van der Waals surface area contributed by atoms with Crippen molar-refractivity contribution < 1.29 is 14.3 Å². The van der Waals surface area contributed by atoms with Gasteiger partial charge < -0.3 is 9.47 Å². The van der Waals surface area contributed by atoms with Crippen LogP contribution >= 0.6 is 0 Å². The number of ether oxygens (including phenoxy) is 2. The molecule has 0 atom stereocenters. The van der Waals surface area contributed by atoms with E-state index in [4.69, 9.17) is 9.47 Å². The molecule has 0 bridgehead atoms. The van der Waals surface area contributed by atoms with Gasteiger partial charge in [-0.2, -0.15) is 0 Å². The van der Waals surface area contributed by atoms with Gasteiger partial charge in [0.25, 0.3) is 0 Å². The van der Waals surface area contributed by atoms with E-state index in [1.54, 1.807) is 26.4 Å². The maximum absolute atomic E-state index is 10.7. The van der Waals surface area contributed by atoms with E-state index in [1.807, 2.05) is 30.3 Å². The highest BCUT2D eigenvalue weighted by atomic mass is 16.5. The third-order valence-electron chi connectivity index (χ3n) is 3.00. The summed E-state index contributed by atoms with van der Waals surface area (Å²) in [6.45, 7) is 0. The average Bonchev–Trinajstić information content (AvgIpc) is 2.48. The van der Waals surface area contributed by atoms with Gasteiger partial charge in [-0.3, -0.25) is 4.79 Å². The van der Waals surface area contributed by atoms with E-state index >= 15 is 0 Å². The highest BCUT2D eigenvalue weighted by Crippen LogP contribution is 2.23. The smallest absolute Gasteiger partial charge is 0.150 e. The number of hydrogen-bond donors (Lipinski definition) is 0. The number of carbonyl (C=O) groups excluding carboxylic acids is 1. The van der Waals surface area contributed by atoms with Crippen molar-refractivity contribution in [1.82, 2.24) is 0 Å². The highest BCUT2D eigenvalue weighted by Gasteiger charge is 2.05. The summed E-state index contributed by atoms with van der Waals surface area (Å²) < 4.78 is 10.5. The van der Waals surface area contributed by atoms with Gasteiger partial charge in [0.15, 0.2) is 0 Å². The molecule has 0 N–H and O–H groups in total. The molecule has 3 heteroatoms. The van der Waals surface area contributed by atoms with Crippen molar-refractivity contribution >= 4 is 6.29 Å². The molecule has 0 saturated carbocycles. The summed E-state index contributed by atoms with van der Waals surface area (Å²) in [4.78, 5) is 10.7. The predicted molar refractivity (Wildman–Crippen MR) is 74.2 cm³/mol. The largest absolute Gasteiger partial charge is 0.497 e. The Hall–Kier alpha value is -2.29. The van der Waals surface area contributed by atoms with Crippen LogP contribution in [0.25, 0.3) is 0 Å². The van der Waals surface area contributed by atoms with Gasteiger partial charge in [0, 0.05) is 12.0 Å². The van der Waals surface area contributed by atoms with Gasteiger partial charge in [0.05, 0.1) is 14.2 Å². The van der Waals surface area contributed by atoms with Gasteiger partial charge in [-0.1, -0.05) is 24.3 Å². The third-order valence-corrected chi connectivity index (χ3v) is 3.00. The fourth-order valence-corrected chi connectivity index (χ4v) is 1.94. The average molecular weight is 256 g/mol. The van der Waals surface area contributed by atoms with Crippen molar-refractivity contribution in [3.05, 3.63) is 59.2 Å². The Morgan fingerprint density at radius 1 is 1.00 bits per heavy atom. The van der Waals surface area contributed by atoms with Crippen LogP contribution in [0.1, 0.15) is 21.5 Å². The molecular weight excluding hydrogens is 240 g/mol. The van der Waals surface area contributed by atoms with Crippen LogP contribution in [0.4, 0.5) is 0 Å². The molecule has 0 radical (unpaired) electrons. The number of hydrogen-bond acceptors (Lipinski definition) is 3. The first-order valence-electron chi connectivity index (χ1n) is 6.02. The summed E-state index contributed by atoms with van der Waals surface area (Å²) in [7, 11) is 3.26. The monoisotopic (exact) mass is 256 g/mol. The lowest BCUT2D eigenvalue weighted by molar-refractivity contribution is 0.112. The topological polar surface area (TPSA) is 35.5 Å². The van der Waals surface area contributed by atoms with Gasteiger partial charge in [-0.25, -0.2) is 0 Å². The lowest BCUT2D eigenvalue weighted by atomic mass is 10.0. The summed E-state index contributed by atoms with van der Waals surface area (Å²) in [5.74, 6) is 1.58. The maximum atomic E-state index is 10.7. The first-order valence-corrected chi connectivity index (χ1v) is 6.02. The maximum Gasteiger partial charge on any atom is 0.150 e. The molecule has 2 aromatic carbocycles. The normalized spacial score (nSPS) is 10.0. The molecule has 0 amide bonds. The summed E-state index contributed by atoms with van der Waals surface area (Å²) in [5.41, 5.74) is 2.84. The molecular formula is C16H16O3.